The molecule has 1 aromatic carbocycles. The molecular weight excluding hydrogens is 430 g/mol. The predicted octanol–water partition coefficient (Wildman–Crippen LogP) is 4.14. The van der Waals surface area contributed by atoms with Gasteiger partial charge in [0.25, 0.3) is 12.3 Å². The summed E-state index contributed by atoms with van der Waals surface area (Å²) in [6.45, 7) is 4.98. The lowest BCUT2D eigenvalue weighted by atomic mass is 10.1. The summed E-state index contributed by atoms with van der Waals surface area (Å²) in [5.41, 5.74) is 2.70. The summed E-state index contributed by atoms with van der Waals surface area (Å²) >= 11 is 0. The molecule has 3 aromatic heterocycles. The van der Waals surface area contributed by atoms with Crippen LogP contribution in [0.25, 0.3) is 16.9 Å². The van der Waals surface area contributed by atoms with E-state index in [-0.39, 0.29) is 22.8 Å². The molecule has 4 aromatic rings. The van der Waals surface area contributed by atoms with Crippen LogP contribution in [0.15, 0.2) is 42.7 Å². The molecule has 0 aliphatic carbocycles. The number of halogens is 2. The smallest absolute Gasteiger partial charge is 0.280 e. The van der Waals surface area contributed by atoms with Crippen LogP contribution in [0.3, 0.4) is 0 Å². The van der Waals surface area contributed by atoms with Crippen molar-refractivity contribution in [2.75, 3.05) is 14.2 Å². The zero-order chi connectivity index (χ0) is 23.7. The second-order valence-corrected chi connectivity index (χ2v) is 7.62. The zero-order valence-electron chi connectivity index (χ0n) is 18.8. The Morgan fingerprint density at radius 3 is 2.52 bits per heavy atom. The molecule has 0 fully saturated rings. The molecule has 4 rings (SSSR count). The number of alkyl halides is 2. The third-order valence-electron chi connectivity index (χ3n) is 5.60. The number of aryl methyl sites for hydroxylation is 1. The largest absolute Gasteiger partial charge is 0.497 e. The minimum atomic E-state index is -2.80. The average Bonchev–Trinajstić information content (AvgIpc) is 3.41. The second kappa shape index (κ2) is 8.97. The second-order valence-electron chi connectivity index (χ2n) is 7.62. The number of fused-ring (bicyclic) bond motifs is 1. The van der Waals surface area contributed by atoms with E-state index in [4.69, 9.17) is 4.74 Å². The van der Waals surface area contributed by atoms with Crippen molar-refractivity contribution in [2.24, 2.45) is 0 Å². The molecule has 0 unspecified atom stereocenters. The van der Waals surface area contributed by atoms with Gasteiger partial charge in [0.1, 0.15) is 17.0 Å². The first-order valence-electron chi connectivity index (χ1n) is 10.4. The van der Waals surface area contributed by atoms with Crippen LogP contribution in [0.5, 0.6) is 5.75 Å². The number of hydrogen-bond donors (Lipinski definition) is 0. The third kappa shape index (κ3) is 4.15. The molecule has 0 aliphatic heterocycles. The maximum atomic E-state index is 13.8. The molecule has 8 nitrogen and oxygen atoms in total. The molecule has 172 valence electrons. The van der Waals surface area contributed by atoms with Gasteiger partial charge in [-0.2, -0.15) is 10.2 Å². The monoisotopic (exact) mass is 454 g/mol. The molecule has 3 heterocycles. The van der Waals surface area contributed by atoms with Gasteiger partial charge < -0.3 is 9.64 Å². The van der Waals surface area contributed by atoms with Crippen molar-refractivity contribution in [3.63, 3.8) is 0 Å². The molecule has 10 heteroatoms. The number of hydrogen-bond acceptors (Lipinski definition) is 5. The number of carbonyl (C=O) groups excluding carboxylic acids is 1. The number of methoxy groups -OCH3 is 1. The number of carbonyl (C=O) groups is 1. The third-order valence-corrected chi connectivity index (χ3v) is 5.60. The van der Waals surface area contributed by atoms with Gasteiger partial charge in [-0.1, -0.05) is 0 Å². The summed E-state index contributed by atoms with van der Waals surface area (Å²) in [6.07, 6.45) is 0.219. The van der Waals surface area contributed by atoms with E-state index in [2.05, 4.69) is 15.2 Å². The van der Waals surface area contributed by atoms with Crippen LogP contribution in [0.1, 0.15) is 40.7 Å². The van der Waals surface area contributed by atoms with Crippen molar-refractivity contribution < 1.29 is 18.3 Å². The minimum absolute atomic E-state index is 0.0800. The molecule has 33 heavy (non-hydrogen) atoms. The highest BCUT2D eigenvalue weighted by Gasteiger charge is 2.24. The molecule has 0 bridgehead atoms. The van der Waals surface area contributed by atoms with Crippen LogP contribution in [0.4, 0.5) is 8.78 Å². The maximum absolute atomic E-state index is 13.8. The quantitative estimate of drug-likeness (QED) is 0.420. The predicted molar refractivity (Wildman–Crippen MR) is 118 cm³/mol. The van der Waals surface area contributed by atoms with E-state index in [0.717, 1.165) is 22.3 Å². The highest BCUT2D eigenvalue weighted by Crippen LogP contribution is 2.28. The van der Waals surface area contributed by atoms with Crippen molar-refractivity contribution in [1.29, 1.82) is 0 Å². The maximum Gasteiger partial charge on any atom is 0.280 e. The van der Waals surface area contributed by atoms with Crippen LogP contribution in [-0.2, 0) is 13.1 Å². The summed E-state index contributed by atoms with van der Waals surface area (Å²) in [4.78, 5) is 19.2. The highest BCUT2D eigenvalue weighted by molar-refractivity contribution is 5.99. The lowest BCUT2D eigenvalue weighted by Crippen LogP contribution is -2.26. The van der Waals surface area contributed by atoms with Gasteiger partial charge in [0.05, 0.1) is 25.2 Å². The molecule has 1 amide bonds. The van der Waals surface area contributed by atoms with Gasteiger partial charge in [0.2, 0.25) is 0 Å². The molecule has 0 spiro atoms. The molecule has 0 radical (unpaired) electrons. The molecule has 0 N–H and O–H groups in total. The summed E-state index contributed by atoms with van der Waals surface area (Å²) in [5.74, 6) is 0.269. The van der Waals surface area contributed by atoms with E-state index in [9.17, 15) is 13.6 Å². The summed E-state index contributed by atoms with van der Waals surface area (Å²) < 4.78 is 35.7. The van der Waals surface area contributed by atoms with Gasteiger partial charge in [-0.25, -0.2) is 18.3 Å². The van der Waals surface area contributed by atoms with E-state index in [1.165, 1.54) is 17.2 Å². The zero-order valence-corrected chi connectivity index (χ0v) is 18.8. The van der Waals surface area contributed by atoms with Crippen molar-refractivity contribution >= 4 is 11.6 Å². The highest BCUT2D eigenvalue weighted by atomic mass is 19.3. The van der Waals surface area contributed by atoms with Crippen LogP contribution >= 0.6 is 0 Å². The van der Waals surface area contributed by atoms with Crippen molar-refractivity contribution in [3.05, 3.63) is 65.2 Å². The molecule has 0 saturated heterocycles. The Bertz CT molecular complexity index is 1300. The summed E-state index contributed by atoms with van der Waals surface area (Å²) in [7, 11) is 3.19. The standard InChI is InChI=1S/C23H24F2N6O2/c1-5-30-14(2)16(11-26-30)13-29(3)23(32)18-12-27-31-20(21(24)25)10-19(28-22(18)31)15-6-8-17(33-4)9-7-15/h6-12,21H,5,13H2,1-4H3. The Morgan fingerprint density at radius 2 is 1.91 bits per heavy atom. The van der Waals surface area contributed by atoms with Crippen LogP contribution in [0.2, 0.25) is 0 Å². The fourth-order valence-corrected chi connectivity index (χ4v) is 3.69. The van der Waals surface area contributed by atoms with E-state index in [1.807, 2.05) is 18.5 Å². The minimum Gasteiger partial charge on any atom is -0.497 e. The van der Waals surface area contributed by atoms with Crippen molar-refractivity contribution in [3.8, 4) is 17.0 Å². The number of rotatable bonds is 7. The number of aromatic nitrogens is 5. The van der Waals surface area contributed by atoms with Gasteiger partial charge >= 0.3 is 0 Å². The Labute approximate surface area is 189 Å². The first kappa shape index (κ1) is 22.4. The lowest BCUT2D eigenvalue weighted by molar-refractivity contribution is 0.0786. The Balaban J connectivity index is 1.73. The molecule has 0 saturated carbocycles. The first-order valence-corrected chi connectivity index (χ1v) is 10.4. The van der Waals surface area contributed by atoms with Gasteiger partial charge in [-0.15, -0.1) is 0 Å². The van der Waals surface area contributed by atoms with E-state index >= 15 is 0 Å². The fraction of sp³-hybridized carbons (Fsp3) is 0.304. The Morgan fingerprint density at radius 1 is 1.18 bits per heavy atom. The SMILES string of the molecule is CCn1ncc(CN(C)C(=O)c2cnn3c(C(F)F)cc(-c4ccc(OC)cc4)nc23)c1C. The molecular formula is C23H24F2N6O2. The van der Waals surface area contributed by atoms with Crippen molar-refractivity contribution in [1.82, 2.24) is 29.3 Å². The van der Waals surface area contributed by atoms with Gasteiger partial charge in [0.15, 0.2) is 5.65 Å². The van der Waals surface area contributed by atoms with Gasteiger partial charge in [0, 0.05) is 37.0 Å². The van der Waals surface area contributed by atoms with Crippen LogP contribution in [0, 0.1) is 6.92 Å². The summed E-state index contributed by atoms with van der Waals surface area (Å²) in [6, 6.07) is 8.18. The van der Waals surface area contributed by atoms with Gasteiger partial charge in [-0.3, -0.25) is 9.48 Å². The molecule has 0 atom stereocenters. The number of amides is 1. The lowest BCUT2D eigenvalue weighted by Gasteiger charge is -2.16. The van der Waals surface area contributed by atoms with E-state index in [0.29, 0.717) is 23.6 Å². The van der Waals surface area contributed by atoms with E-state index in [1.54, 1.807) is 44.6 Å². The number of nitrogens with zero attached hydrogens (tertiary/aromatic N) is 6. The average molecular weight is 454 g/mol. The fourth-order valence-electron chi connectivity index (χ4n) is 3.69. The van der Waals surface area contributed by atoms with Crippen molar-refractivity contribution in [2.45, 2.75) is 33.4 Å². The topological polar surface area (TPSA) is 77.6 Å². The number of benzene rings is 1. The normalized spacial score (nSPS) is 11.4. The Kier molecular flexibility index (Phi) is 6.08. The van der Waals surface area contributed by atoms with Crippen LogP contribution in [-0.4, -0.2) is 49.3 Å². The molecule has 0 aliphatic rings. The number of ether oxygens (including phenoxy) is 1. The van der Waals surface area contributed by atoms with E-state index < -0.39 is 6.43 Å². The van der Waals surface area contributed by atoms with Crippen LogP contribution < -0.4 is 4.74 Å². The van der Waals surface area contributed by atoms with Gasteiger partial charge in [-0.05, 0) is 44.2 Å². The first-order chi connectivity index (χ1) is 15.8. The summed E-state index contributed by atoms with van der Waals surface area (Å²) in [5, 5.41) is 8.34. The Hall–Kier alpha value is -3.82.